The van der Waals surface area contributed by atoms with Crippen molar-refractivity contribution in [2.75, 3.05) is 0 Å². The SMILES string of the molecule is Cc1cccnc1C(NN)C1CC(C)(C)OC1(C)C. The molecular formula is C15H25N3O. The first-order chi connectivity index (χ1) is 8.77. The Morgan fingerprint density at radius 1 is 1.42 bits per heavy atom. The van der Waals surface area contributed by atoms with Crippen LogP contribution in [-0.4, -0.2) is 16.2 Å². The summed E-state index contributed by atoms with van der Waals surface area (Å²) in [5.41, 5.74) is 4.79. The summed E-state index contributed by atoms with van der Waals surface area (Å²) < 4.78 is 6.17. The fourth-order valence-electron chi connectivity index (χ4n) is 3.33. The molecule has 1 aromatic rings. The number of nitrogens with one attached hydrogen (secondary N) is 1. The van der Waals surface area contributed by atoms with E-state index in [-0.39, 0.29) is 17.2 Å². The molecular weight excluding hydrogens is 238 g/mol. The minimum Gasteiger partial charge on any atom is -0.369 e. The molecule has 0 bridgehead atoms. The van der Waals surface area contributed by atoms with Gasteiger partial charge in [-0.2, -0.15) is 0 Å². The molecule has 0 aromatic carbocycles. The maximum absolute atomic E-state index is 6.17. The predicted octanol–water partition coefficient (Wildman–Crippen LogP) is 2.49. The van der Waals surface area contributed by atoms with E-state index in [1.54, 1.807) is 0 Å². The number of hydrogen-bond acceptors (Lipinski definition) is 4. The van der Waals surface area contributed by atoms with E-state index in [1.807, 2.05) is 12.3 Å². The zero-order valence-corrected chi connectivity index (χ0v) is 12.5. The van der Waals surface area contributed by atoms with Crippen molar-refractivity contribution in [2.45, 2.75) is 58.3 Å². The lowest BCUT2D eigenvalue weighted by Gasteiger charge is -2.32. The van der Waals surface area contributed by atoms with Crippen LogP contribution in [0.25, 0.3) is 0 Å². The van der Waals surface area contributed by atoms with Crippen LogP contribution in [0.3, 0.4) is 0 Å². The standard InChI is InChI=1S/C15H25N3O/c1-10-7-6-8-17-12(10)13(18-16)11-9-14(2,3)19-15(11,4)5/h6-8,11,13,18H,9,16H2,1-5H3. The summed E-state index contributed by atoms with van der Waals surface area (Å²) in [7, 11) is 0. The molecule has 0 aliphatic carbocycles. The zero-order chi connectivity index (χ0) is 14.3. The van der Waals surface area contributed by atoms with Crippen LogP contribution in [0.5, 0.6) is 0 Å². The van der Waals surface area contributed by atoms with Gasteiger partial charge in [-0.05, 0) is 52.7 Å². The topological polar surface area (TPSA) is 60.2 Å². The fourth-order valence-corrected chi connectivity index (χ4v) is 3.33. The third kappa shape index (κ3) is 2.81. The molecule has 1 fully saturated rings. The summed E-state index contributed by atoms with van der Waals surface area (Å²) in [5.74, 6) is 6.11. The molecule has 0 radical (unpaired) electrons. The lowest BCUT2D eigenvalue weighted by Crippen LogP contribution is -2.41. The molecule has 1 aromatic heterocycles. The molecule has 0 saturated carbocycles. The van der Waals surface area contributed by atoms with Crippen LogP contribution in [-0.2, 0) is 4.74 Å². The molecule has 1 aliphatic heterocycles. The average molecular weight is 263 g/mol. The van der Waals surface area contributed by atoms with Crippen LogP contribution in [0.4, 0.5) is 0 Å². The molecule has 106 valence electrons. The molecule has 2 atom stereocenters. The lowest BCUT2D eigenvalue weighted by molar-refractivity contribution is -0.0780. The molecule has 2 heterocycles. The van der Waals surface area contributed by atoms with E-state index in [4.69, 9.17) is 10.6 Å². The van der Waals surface area contributed by atoms with E-state index in [0.29, 0.717) is 5.92 Å². The number of ether oxygens (including phenoxy) is 1. The first-order valence-corrected chi connectivity index (χ1v) is 6.85. The summed E-state index contributed by atoms with van der Waals surface area (Å²) in [6.45, 7) is 10.6. The Morgan fingerprint density at radius 3 is 2.58 bits per heavy atom. The van der Waals surface area contributed by atoms with Crippen molar-refractivity contribution in [2.24, 2.45) is 11.8 Å². The average Bonchev–Trinajstić information content (AvgIpc) is 2.51. The van der Waals surface area contributed by atoms with Gasteiger partial charge in [0.05, 0.1) is 22.9 Å². The lowest BCUT2D eigenvalue weighted by atomic mass is 9.80. The number of rotatable bonds is 3. The van der Waals surface area contributed by atoms with Gasteiger partial charge in [-0.1, -0.05) is 6.07 Å². The Morgan fingerprint density at radius 2 is 2.11 bits per heavy atom. The maximum atomic E-state index is 6.17. The highest BCUT2D eigenvalue weighted by Gasteiger charge is 2.49. The summed E-state index contributed by atoms with van der Waals surface area (Å²) >= 11 is 0. The third-order valence-electron chi connectivity index (χ3n) is 4.07. The molecule has 3 N–H and O–H groups in total. The number of pyridine rings is 1. The highest BCUT2D eigenvalue weighted by molar-refractivity contribution is 5.23. The largest absolute Gasteiger partial charge is 0.369 e. The smallest absolute Gasteiger partial charge is 0.0691 e. The van der Waals surface area contributed by atoms with Crippen molar-refractivity contribution >= 4 is 0 Å². The van der Waals surface area contributed by atoms with E-state index in [9.17, 15) is 0 Å². The molecule has 2 unspecified atom stereocenters. The summed E-state index contributed by atoms with van der Waals surface area (Å²) in [6.07, 6.45) is 2.78. The molecule has 2 rings (SSSR count). The van der Waals surface area contributed by atoms with Gasteiger partial charge >= 0.3 is 0 Å². The van der Waals surface area contributed by atoms with Gasteiger partial charge in [0, 0.05) is 12.1 Å². The number of aromatic nitrogens is 1. The molecule has 0 amide bonds. The number of hydrazine groups is 1. The monoisotopic (exact) mass is 263 g/mol. The predicted molar refractivity (Wildman–Crippen MR) is 76.4 cm³/mol. The van der Waals surface area contributed by atoms with Crippen molar-refractivity contribution in [1.29, 1.82) is 0 Å². The fraction of sp³-hybridized carbons (Fsp3) is 0.667. The van der Waals surface area contributed by atoms with Gasteiger partial charge in [0.1, 0.15) is 0 Å². The number of nitrogens with zero attached hydrogens (tertiary/aromatic N) is 1. The Bertz CT molecular complexity index is 456. The second-order valence-electron chi connectivity index (χ2n) is 6.63. The second-order valence-corrected chi connectivity index (χ2v) is 6.63. The van der Waals surface area contributed by atoms with Crippen LogP contribution in [0.15, 0.2) is 18.3 Å². The minimum atomic E-state index is -0.218. The van der Waals surface area contributed by atoms with Gasteiger partial charge in [-0.25, -0.2) is 0 Å². The van der Waals surface area contributed by atoms with E-state index >= 15 is 0 Å². The number of nitrogens with two attached hydrogens (primary N) is 1. The van der Waals surface area contributed by atoms with Gasteiger partial charge in [0.15, 0.2) is 0 Å². The summed E-state index contributed by atoms with van der Waals surface area (Å²) in [6, 6.07) is 4.03. The number of hydrogen-bond donors (Lipinski definition) is 2. The highest BCUT2D eigenvalue weighted by Crippen LogP contribution is 2.47. The zero-order valence-electron chi connectivity index (χ0n) is 12.5. The quantitative estimate of drug-likeness (QED) is 0.650. The maximum Gasteiger partial charge on any atom is 0.0691 e. The van der Waals surface area contributed by atoms with Crippen molar-refractivity contribution in [3.05, 3.63) is 29.6 Å². The van der Waals surface area contributed by atoms with Crippen molar-refractivity contribution in [3.8, 4) is 0 Å². The van der Waals surface area contributed by atoms with Gasteiger partial charge in [0.25, 0.3) is 0 Å². The molecule has 1 saturated heterocycles. The Labute approximate surface area is 115 Å². The summed E-state index contributed by atoms with van der Waals surface area (Å²) in [5, 5.41) is 0. The van der Waals surface area contributed by atoms with Crippen molar-refractivity contribution < 1.29 is 4.74 Å². The van der Waals surface area contributed by atoms with Crippen LogP contribution < -0.4 is 11.3 Å². The van der Waals surface area contributed by atoms with Gasteiger partial charge in [-0.3, -0.25) is 16.3 Å². The van der Waals surface area contributed by atoms with Crippen LogP contribution in [0.2, 0.25) is 0 Å². The van der Waals surface area contributed by atoms with Crippen molar-refractivity contribution in [1.82, 2.24) is 10.4 Å². The van der Waals surface area contributed by atoms with E-state index in [1.165, 1.54) is 0 Å². The van der Waals surface area contributed by atoms with Gasteiger partial charge in [-0.15, -0.1) is 0 Å². The normalized spacial score (nSPS) is 26.3. The van der Waals surface area contributed by atoms with Gasteiger partial charge in [0.2, 0.25) is 0 Å². The first-order valence-electron chi connectivity index (χ1n) is 6.85. The Kier molecular flexibility index (Phi) is 3.69. The molecule has 1 aliphatic rings. The Hall–Kier alpha value is -0.970. The Balaban J connectivity index is 2.36. The summed E-state index contributed by atoms with van der Waals surface area (Å²) in [4.78, 5) is 4.51. The molecule has 19 heavy (non-hydrogen) atoms. The molecule has 0 spiro atoms. The number of aryl methyl sites for hydroxylation is 1. The first kappa shape index (κ1) is 14.4. The van der Waals surface area contributed by atoms with Gasteiger partial charge < -0.3 is 4.74 Å². The van der Waals surface area contributed by atoms with E-state index in [2.05, 4.69) is 51.1 Å². The van der Waals surface area contributed by atoms with E-state index < -0.39 is 0 Å². The van der Waals surface area contributed by atoms with E-state index in [0.717, 1.165) is 17.7 Å². The van der Waals surface area contributed by atoms with Crippen LogP contribution in [0.1, 0.15) is 51.4 Å². The molecule has 4 heteroatoms. The van der Waals surface area contributed by atoms with Crippen molar-refractivity contribution in [3.63, 3.8) is 0 Å². The third-order valence-corrected chi connectivity index (χ3v) is 4.07. The minimum absolute atomic E-state index is 0.0120. The highest BCUT2D eigenvalue weighted by atomic mass is 16.5. The van der Waals surface area contributed by atoms with Crippen LogP contribution >= 0.6 is 0 Å². The van der Waals surface area contributed by atoms with Crippen LogP contribution in [0, 0.1) is 12.8 Å². The second kappa shape index (κ2) is 4.85. The molecule has 4 nitrogen and oxygen atoms in total.